The first kappa shape index (κ1) is 11.9. The van der Waals surface area contributed by atoms with Gasteiger partial charge in [-0.15, -0.1) is 0 Å². The molecule has 1 aromatic carbocycles. The summed E-state index contributed by atoms with van der Waals surface area (Å²) in [6.45, 7) is 0. The number of hydrogen-bond donors (Lipinski definition) is 1. The molecule has 0 aliphatic heterocycles. The Bertz CT molecular complexity index is 565. The van der Waals surface area contributed by atoms with Crippen LogP contribution < -0.4 is 5.56 Å². The number of H-pyrrole nitrogens is 1. The zero-order chi connectivity index (χ0) is 12.3. The van der Waals surface area contributed by atoms with Crippen LogP contribution in [0.5, 0.6) is 0 Å². The number of thioether (sulfide) groups is 1. The van der Waals surface area contributed by atoms with Gasteiger partial charge in [-0.2, -0.15) is 0 Å². The van der Waals surface area contributed by atoms with Crippen LogP contribution in [-0.4, -0.2) is 16.2 Å². The molecule has 0 saturated carbocycles. The predicted molar refractivity (Wildman–Crippen MR) is 65.8 cm³/mol. The average molecular weight is 250 g/mol. The van der Waals surface area contributed by atoms with Gasteiger partial charge in [0, 0.05) is 18.2 Å². The summed E-state index contributed by atoms with van der Waals surface area (Å²) in [5.74, 6) is -0.279. The number of nitrogens with one attached hydrogen (secondary N) is 1. The molecule has 2 rings (SSSR count). The lowest BCUT2D eigenvalue weighted by molar-refractivity contribution is 0.627. The number of rotatable bonds is 3. The van der Waals surface area contributed by atoms with Crippen LogP contribution in [0.25, 0.3) is 0 Å². The van der Waals surface area contributed by atoms with Crippen LogP contribution in [0.2, 0.25) is 0 Å². The lowest BCUT2D eigenvalue weighted by Crippen LogP contribution is -2.14. The number of benzene rings is 1. The molecule has 5 heteroatoms. The van der Waals surface area contributed by atoms with Crippen LogP contribution in [0.15, 0.2) is 40.4 Å². The molecule has 0 atom stereocenters. The summed E-state index contributed by atoms with van der Waals surface area (Å²) in [6.07, 6.45) is 3.86. The van der Waals surface area contributed by atoms with Crippen molar-refractivity contribution in [1.82, 2.24) is 9.97 Å². The van der Waals surface area contributed by atoms with E-state index in [9.17, 15) is 9.18 Å². The Morgan fingerprint density at radius 2 is 2.06 bits per heavy atom. The summed E-state index contributed by atoms with van der Waals surface area (Å²) < 4.78 is 12.7. The van der Waals surface area contributed by atoms with Crippen molar-refractivity contribution in [3.05, 3.63) is 57.8 Å². The van der Waals surface area contributed by atoms with Gasteiger partial charge in [0.25, 0.3) is 5.56 Å². The smallest absolute Gasteiger partial charge is 0.255 e. The summed E-state index contributed by atoms with van der Waals surface area (Å²) >= 11 is 1.38. The molecule has 1 heterocycles. The molecule has 17 heavy (non-hydrogen) atoms. The van der Waals surface area contributed by atoms with Crippen molar-refractivity contribution in [3.8, 4) is 0 Å². The zero-order valence-electron chi connectivity index (χ0n) is 9.24. The maximum Gasteiger partial charge on any atom is 0.255 e. The van der Waals surface area contributed by atoms with Gasteiger partial charge in [-0.3, -0.25) is 4.79 Å². The third kappa shape index (κ3) is 2.94. The van der Waals surface area contributed by atoms with Crippen LogP contribution >= 0.6 is 11.8 Å². The van der Waals surface area contributed by atoms with E-state index in [1.165, 1.54) is 23.9 Å². The molecule has 2 aromatic rings. The number of aromatic amines is 1. The van der Waals surface area contributed by atoms with Crippen molar-refractivity contribution < 1.29 is 4.39 Å². The topological polar surface area (TPSA) is 45.8 Å². The van der Waals surface area contributed by atoms with Gasteiger partial charge in [0.2, 0.25) is 0 Å². The Kier molecular flexibility index (Phi) is 3.58. The third-order valence-electron chi connectivity index (χ3n) is 2.35. The number of halogens is 1. The molecule has 0 unspecified atom stereocenters. The molecular weight excluding hydrogens is 239 g/mol. The van der Waals surface area contributed by atoms with Crippen molar-refractivity contribution in [2.24, 2.45) is 0 Å². The lowest BCUT2D eigenvalue weighted by Gasteiger charge is -2.01. The summed E-state index contributed by atoms with van der Waals surface area (Å²) in [7, 11) is 0. The van der Waals surface area contributed by atoms with E-state index in [4.69, 9.17) is 0 Å². The van der Waals surface area contributed by atoms with Gasteiger partial charge in [0.05, 0.1) is 0 Å². The molecule has 3 nitrogen and oxygen atoms in total. The van der Waals surface area contributed by atoms with E-state index < -0.39 is 0 Å². The van der Waals surface area contributed by atoms with Gasteiger partial charge in [-0.25, -0.2) is 9.37 Å². The van der Waals surface area contributed by atoms with E-state index in [1.54, 1.807) is 18.3 Å². The summed E-state index contributed by atoms with van der Waals surface area (Å²) in [4.78, 5) is 18.5. The third-order valence-corrected chi connectivity index (χ3v) is 2.95. The summed E-state index contributed by atoms with van der Waals surface area (Å²) in [5, 5.41) is 0.595. The minimum absolute atomic E-state index is 0.145. The van der Waals surface area contributed by atoms with E-state index in [0.29, 0.717) is 17.1 Å². The van der Waals surface area contributed by atoms with E-state index in [1.807, 2.05) is 6.26 Å². The second kappa shape index (κ2) is 5.14. The molecule has 0 amide bonds. The molecule has 88 valence electrons. The second-order valence-corrected chi connectivity index (χ2v) is 4.35. The lowest BCUT2D eigenvalue weighted by atomic mass is 10.1. The quantitative estimate of drug-likeness (QED) is 0.671. The first-order valence-electron chi connectivity index (χ1n) is 5.05. The van der Waals surface area contributed by atoms with Gasteiger partial charge >= 0.3 is 0 Å². The van der Waals surface area contributed by atoms with E-state index in [2.05, 4.69) is 9.97 Å². The van der Waals surface area contributed by atoms with Crippen molar-refractivity contribution >= 4 is 11.8 Å². The molecule has 0 radical (unpaired) electrons. The van der Waals surface area contributed by atoms with Gasteiger partial charge in [-0.05, 0) is 24.0 Å². The Balaban J connectivity index is 2.24. The van der Waals surface area contributed by atoms with E-state index in [-0.39, 0.29) is 11.4 Å². The van der Waals surface area contributed by atoms with Crippen molar-refractivity contribution in [2.45, 2.75) is 11.6 Å². The molecular formula is C12H11FN2OS. The number of hydrogen-bond acceptors (Lipinski definition) is 3. The molecule has 0 saturated heterocycles. The van der Waals surface area contributed by atoms with Gasteiger partial charge < -0.3 is 4.98 Å². The average Bonchev–Trinajstić information content (AvgIpc) is 2.34. The molecule has 0 aliphatic carbocycles. The van der Waals surface area contributed by atoms with Crippen molar-refractivity contribution in [2.75, 3.05) is 6.26 Å². The van der Waals surface area contributed by atoms with E-state index >= 15 is 0 Å². The number of aromatic nitrogens is 2. The predicted octanol–water partition coefficient (Wildman–Crippen LogP) is 2.22. The Morgan fingerprint density at radius 1 is 1.35 bits per heavy atom. The first-order chi connectivity index (χ1) is 8.19. The maximum atomic E-state index is 12.7. The van der Waals surface area contributed by atoms with Crippen molar-refractivity contribution in [1.29, 1.82) is 0 Å². The SMILES string of the molecule is CSc1ncc(Cc2ccc(F)cc2)c(=O)[nH]1. The fourth-order valence-corrected chi connectivity index (χ4v) is 1.81. The fourth-order valence-electron chi connectivity index (χ4n) is 1.46. The Labute approximate surface area is 102 Å². The van der Waals surface area contributed by atoms with Crippen LogP contribution in [0.4, 0.5) is 4.39 Å². The zero-order valence-corrected chi connectivity index (χ0v) is 10.1. The highest BCUT2D eigenvalue weighted by atomic mass is 32.2. The first-order valence-corrected chi connectivity index (χ1v) is 6.28. The molecule has 0 bridgehead atoms. The molecule has 0 fully saturated rings. The second-order valence-electron chi connectivity index (χ2n) is 3.55. The molecule has 1 N–H and O–H groups in total. The largest absolute Gasteiger partial charge is 0.301 e. The van der Waals surface area contributed by atoms with Crippen LogP contribution in [0.1, 0.15) is 11.1 Å². The Hall–Kier alpha value is -1.62. The minimum Gasteiger partial charge on any atom is -0.301 e. The monoisotopic (exact) mass is 250 g/mol. The van der Waals surface area contributed by atoms with E-state index in [0.717, 1.165) is 5.56 Å². The van der Waals surface area contributed by atoms with Gasteiger partial charge in [-0.1, -0.05) is 23.9 Å². The summed E-state index contributed by atoms with van der Waals surface area (Å²) in [5.41, 5.74) is 1.32. The maximum absolute atomic E-state index is 12.7. The number of nitrogens with zero attached hydrogens (tertiary/aromatic N) is 1. The molecule has 1 aromatic heterocycles. The van der Waals surface area contributed by atoms with Crippen LogP contribution in [0, 0.1) is 5.82 Å². The molecule has 0 aliphatic rings. The highest BCUT2D eigenvalue weighted by molar-refractivity contribution is 7.98. The summed E-state index contributed by atoms with van der Waals surface area (Å²) in [6, 6.07) is 6.09. The van der Waals surface area contributed by atoms with Crippen LogP contribution in [0.3, 0.4) is 0 Å². The van der Waals surface area contributed by atoms with Gasteiger partial charge in [0.15, 0.2) is 5.16 Å². The molecule has 0 spiro atoms. The van der Waals surface area contributed by atoms with Crippen LogP contribution in [-0.2, 0) is 6.42 Å². The Morgan fingerprint density at radius 3 is 2.65 bits per heavy atom. The highest BCUT2D eigenvalue weighted by Gasteiger charge is 2.03. The minimum atomic E-state index is -0.279. The standard InChI is InChI=1S/C12H11FN2OS/c1-17-12-14-7-9(11(16)15-12)6-8-2-4-10(13)5-3-8/h2-5,7H,6H2,1H3,(H,14,15,16). The van der Waals surface area contributed by atoms with Gasteiger partial charge in [0.1, 0.15) is 5.82 Å². The highest BCUT2D eigenvalue weighted by Crippen LogP contribution is 2.09. The van der Waals surface area contributed by atoms with Crippen molar-refractivity contribution in [3.63, 3.8) is 0 Å². The normalized spacial score (nSPS) is 10.5. The fraction of sp³-hybridized carbons (Fsp3) is 0.167.